The molecule has 1 rings (SSSR count). The van der Waals surface area contributed by atoms with Gasteiger partial charge < -0.3 is 20.1 Å². The quantitative estimate of drug-likeness (QED) is 0.762. The van der Waals surface area contributed by atoms with E-state index in [4.69, 9.17) is 9.47 Å². The van der Waals surface area contributed by atoms with E-state index in [1.807, 2.05) is 7.05 Å². The first kappa shape index (κ1) is 16.5. The van der Waals surface area contributed by atoms with Crippen molar-refractivity contribution >= 4 is 18.3 Å². The van der Waals surface area contributed by atoms with Gasteiger partial charge in [-0.2, -0.15) is 0 Å². The number of ether oxygens (including phenoxy) is 2. The molecular weight excluding hydrogens is 256 g/mol. The van der Waals surface area contributed by atoms with Gasteiger partial charge in [0.25, 0.3) is 5.91 Å². The maximum absolute atomic E-state index is 11.8. The number of likely N-dealkylation sites (N-methyl/N-ethyl adjacent to an activating group) is 1. The summed E-state index contributed by atoms with van der Waals surface area (Å²) >= 11 is 0. The summed E-state index contributed by atoms with van der Waals surface area (Å²) in [5, 5.41) is 5.75. The van der Waals surface area contributed by atoms with Crippen LogP contribution < -0.4 is 20.1 Å². The van der Waals surface area contributed by atoms with Gasteiger partial charge in [-0.05, 0) is 19.2 Å². The zero-order valence-corrected chi connectivity index (χ0v) is 11.6. The third-order valence-corrected chi connectivity index (χ3v) is 2.27. The van der Waals surface area contributed by atoms with Gasteiger partial charge in [-0.1, -0.05) is 0 Å². The molecule has 0 spiro atoms. The molecule has 1 aromatic carbocycles. The normalized spacial score (nSPS) is 9.28. The van der Waals surface area contributed by atoms with Crippen LogP contribution in [0.4, 0.5) is 0 Å². The Kier molecular flexibility index (Phi) is 7.91. The molecule has 0 aliphatic heterocycles. The molecule has 18 heavy (non-hydrogen) atoms. The number of hydrogen-bond acceptors (Lipinski definition) is 4. The highest BCUT2D eigenvalue weighted by Gasteiger charge is 2.08. The van der Waals surface area contributed by atoms with Gasteiger partial charge >= 0.3 is 0 Å². The summed E-state index contributed by atoms with van der Waals surface area (Å²) in [5.74, 6) is 1.06. The molecular formula is C12H19ClN2O3. The van der Waals surface area contributed by atoms with Gasteiger partial charge in [0.15, 0.2) is 0 Å². The van der Waals surface area contributed by atoms with E-state index in [1.54, 1.807) is 32.4 Å². The number of hydrogen-bond donors (Lipinski definition) is 2. The SMILES string of the molecule is CNCCNC(=O)c1cc(OC)cc(OC)c1.Cl. The van der Waals surface area contributed by atoms with Crippen molar-refractivity contribution in [3.63, 3.8) is 0 Å². The van der Waals surface area contributed by atoms with Crippen molar-refractivity contribution in [3.8, 4) is 11.5 Å². The van der Waals surface area contributed by atoms with Crippen LogP contribution in [0.1, 0.15) is 10.4 Å². The van der Waals surface area contributed by atoms with Gasteiger partial charge in [0, 0.05) is 24.7 Å². The van der Waals surface area contributed by atoms with Crippen LogP contribution in [-0.4, -0.2) is 40.3 Å². The first-order valence-electron chi connectivity index (χ1n) is 5.37. The Morgan fingerprint density at radius 3 is 2.11 bits per heavy atom. The molecule has 0 fully saturated rings. The van der Waals surface area contributed by atoms with Crippen molar-refractivity contribution in [1.82, 2.24) is 10.6 Å². The van der Waals surface area contributed by atoms with Gasteiger partial charge in [-0.3, -0.25) is 4.79 Å². The van der Waals surface area contributed by atoms with E-state index in [0.29, 0.717) is 23.6 Å². The summed E-state index contributed by atoms with van der Waals surface area (Å²) in [6.07, 6.45) is 0. The van der Waals surface area contributed by atoms with Gasteiger partial charge in [0.2, 0.25) is 0 Å². The maximum atomic E-state index is 11.8. The molecule has 0 saturated carbocycles. The fourth-order valence-corrected chi connectivity index (χ4v) is 1.34. The molecule has 0 atom stereocenters. The highest BCUT2D eigenvalue weighted by atomic mass is 35.5. The van der Waals surface area contributed by atoms with E-state index < -0.39 is 0 Å². The number of carbonyl (C=O) groups excluding carboxylic acids is 1. The lowest BCUT2D eigenvalue weighted by molar-refractivity contribution is 0.0953. The van der Waals surface area contributed by atoms with Crippen LogP contribution in [-0.2, 0) is 0 Å². The molecule has 1 aromatic rings. The highest BCUT2D eigenvalue weighted by Crippen LogP contribution is 2.22. The number of carbonyl (C=O) groups is 1. The fourth-order valence-electron chi connectivity index (χ4n) is 1.34. The second kappa shape index (κ2) is 8.60. The largest absolute Gasteiger partial charge is 0.497 e. The Balaban J connectivity index is 0.00000289. The number of methoxy groups -OCH3 is 2. The first-order chi connectivity index (χ1) is 8.21. The zero-order valence-electron chi connectivity index (χ0n) is 10.8. The number of amides is 1. The van der Waals surface area contributed by atoms with Crippen molar-refractivity contribution in [3.05, 3.63) is 23.8 Å². The minimum absolute atomic E-state index is 0. The molecule has 2 N–H and O–H groups in total. The van der Waals surface area contributed by atoms with Crippen LogP contribution in [0, 0.1) is 0 Å². The van der Waals surface area contributed by atoms with Gasteiger partial charge in [-0.15, -0.1) is 12.4 Å². The summed E-state index contributed by atoms with van der Waals surface area (Å²) < 4.78 is 10.2. The summed E-state index contributed by atoms with van der Waals surface area (Å²) in [4.78, 5) is 11.8. The molecule has 0 bridgehead atoms. The Morgan fingerprint density at radius 1 is 1.11 bits per heavy atom. The lowest BCUT2D eigenvalue weighted by Crippen LogP contribution is -2.30. The predicted molar refractivity (Wildman–Crippen MR) is 73.1 cm³/mol. The van der Waals surface area contributed by atoms with Crippen LogP contribution in [0.25, 0.3) is 0 Å². The van der Waals surface area contributed by atoms with E-state index in [1.165, 1.54) is 0 Å². The second-order valence-electron chi connectivity index (χ2n) is 3.46. The minimum Gasteiger partial charge on any atom is -0.497 e. The average molecular weight is 275 g/mol. The molecule has 0 aliphatic rings. The van der Waals surface area contributed by atoms with E-state index in [9.17, 15) is 4.79 Å². The number of benzene rings is 1. The molecule has 102 valence electrons. The van der Waals surface area contributed by atoms with Crippen LogP contribution >= 0.6 is 12.4 Å². The molecule has 6 heteroatoms. The third-order valence-electron chi connectivity index (χ3n) is 2.27. The maximum Gasteiger partial charge on any atom is 0.251 e. The lowest BCUT2D eigenvalue weighted by Gasteiger charge is -2.09. The second-order valence-corrected chi connectivity index (χ2v) is 3.46. The van der Waals surface area contributed by atoms with Crippen LogP contribution in [0.2, 0.25) is 0 Å². The predicted octanol–water partition coefficient (Wildman–Crippen LogP) is 1.07. The van der Waals surface area contributed by atoms with Gasteiger partial charge in [-0.25, -0.2) is 0 Å². The average Bonchev–Trinajstić information content (AvgIpc) is 2.38. The fraction of sp³-hybridized carbons (Fsp3) is 0.417. The monoisotopic (exact) mass is 274 g/mol. The standard InChI is InChI=1S/C12H18N2O3.ClH/c1-13-4-5-14-12(15)9-6-10(16-2)8-11(7-9)17-3;/h6-8,13H,4-5H2,1-3H3,(H,14,15);1H. The molecule has 0 aliphatic carbocycles. The molecule has 0 saturated heterocycles. The van der Waals surface area contributed by atoms with Crippen molar-refractivity contribution in [2.24, 2.45) is 0 Å². The number of nitrogens with one attached hydrogen (secondary N) is 2. The van der Waals surface area contributed by atoms with Crippen molar-refractivity contribution in [2.75, 3.05) is 34.4 Å². The summed E-state index contributed by atoms with van der Waals surface area (Å²) in [5.41, 5.74) is 0.525. The van der Waals surface area contributed by atoms with Gasteiger partial charge in [0.05, 0.1) is 14.2 Å². The molecule has 0 radical (unpaired) electrons. The summed E-state index contributed by atoms with van der Waals surface area (Å²) in [6, 6.07) is 5.08. The van der Waals surface area contributed by atoms with Crippen molar-refractivity contribution < 1.29 is 14.3 Å². The summed E-state index contributed by atoms with van der Waals surface area (Å²) in [7, 11) is 4.94. The molecule has 0 aromatic heterocycles. The Hall–Kier alpha value is -1.46. The Bertz CT molecular complexity index is 363. The number of rotatable bonds is 6. The topological polar surface area (TPSA) is 59.6 Å². The third kappa shape index (κ3) is 4.81. The van der Waals surface area contributed by atoms with Crippen molar-refractivity contribution in [1.29, 1.82) is 0 Å². The minimum atomic E-state index is -0.141. The van der Waals surface area contributed by atoms with Crippen molar-refractivity contribution in [2.45, 2.75) is 0 Å². The van der Waals surface area contributed by atoms with Crippen LogP contribution in [0.3, 0.4) is 0 Å². The molecule has 0 unspecified atom stereocenters. The molecule has 0 heterocycles. The van der Waals surface area contributed by atoms with E-state index >= 15 is 0 Å². The summed E-state index contributed by atoms with van der Waals surface area (Å²) in [6.45, 7) is 1.31. The van der Waals surface area contributed by atoms with E-state index in [-0.39, 0.29) is 18.3 Å². The van der Waals surface area contributed by atoms with E-state index in [2.05, 4.69) is 10.6 Å². The van der Waals surface area contributed by atoms with Gasteiger partial charge in [0.1, 0.15) is 11.5 Å². The highest BCUT2D eigenvalue weighted by molar-refractivity contribution is 5.95. The molecule has 1 amide bonds. The number of halogens is 1. The van der Waals surface area contributed by atoms with Crippen LogP contribution in [0.15, 0.2) is 18.2 Å². The first-order valence-corrected chi connectivity index (χ1v) is 5.37. The lowest BCUT2D eigenvalue weighted by atomic mass is 10.2. The Labute approximate surface area is 113 Å². The van der Waals surface area contributed by atoms with Crippen LogP contribution in [0.5, 0.6) is 11.5 Å². The smallest absolute Gasteiger partial charge is 0.251 e. The Morgan fingerprint density at radius 2 is 1.67 bits per heavy atom. The molecule has 5 nitrogen and oxygen atoms in total. The van der Waals surface area contributed by atoms with E-state index in [0.717, 1.165) is 6.54 Å². The zero-order chi connectivity index (χ0) is 12.7.